The molecule has 2 rings (SSSR count). The van der Waals surface area contributed by atoms with Crippen molar-refractivity contribution in [2.45, 2.75) is 18.9 Å². The van der Waals surface area contributed by atoms with Gasteiger partial charge in [0.15, 0.2) is 0 Å². The van der Waals surface area contributed by atoms with Crippen LogP contribution in [0.2, 0.25) is 0 Å². The molecule has 0 aliphatic heterocycles. The molecule has 1 aromatic rings. The molecule has 54 valence electrons. The van der Waals surface area contributed by atoms with E-state index in [9.17, 15) is 0 Å². The molecule has 2 unspecified atom stereocenters. The van der Waals surface area contributed by atoms with Crippen molar-refractivity contribution >= 4 is 11.3 Å². The Bertz CT molecular complexity index is 232. The molecule has 0 radical (unpaired) electrons. The van der Waals surface area contributed by atoms with Crippen LogP contribution in [0.15, 0.2) is 11.7 Å². The van der Waals surface area contributed by atoms with E-state index >= 15 is 0 Å². The summed E-state index contributed by atoms with van der Waals surface area (Å²) in [6, 6.07) is 0. The minimum Gasteiger partial charge on any atom is -0.320 e. The van der Waals surface area contributed by atoms with Gasteiger partial charge in [-0.2, -0.15) is 0 Å². The Labute approximate surface area is 64.1 Å². The SMILES string of the molecule is CC1CC1(N)c1cncs1. The summed E-state index contributed by atoms with van der Waals surface area (Å²) in [5.74, 6) is 0.646. The number of nitrogens with zero attached hydrogens (tertiary/aromatic N) is 1. The van der Waals surface area contributed by atoms with Crippen molar-refractivity contribution in [3.05, 3.63) is 16.6 Å². The molecule has 0 saturated heterocycles. The highest BCUT2D eigenvalue weighted by atomic mass is 32.1. The number of hydrogen-bond acceptors (Lipinski definition) is 3. The predicted octanol–water partition coefficient (Wildman–Crippen LogP) is 1.34. The first-order chi connectivity index (χ1) is 4.73. The van der Waals surface area contributed by atoms with Crippen molar-refractivity contribution in [2.75, 3.05) is 0 Å². The maximum absolute atomic E-state index is 6.03. The summed E-state index contributed by atoms with van der Waals surface area (Å²) in [6.45, 7) is 2.18. The van der Waals surface area contributed by atoms with Crippen molar-refractivity contribution in [1.29, 1.82) is 0 Å². The van der Waals surface area contributed by atoms with Crippen molar-refractivity contribution in [1.82, 2.24) is 4.98 Å². The zero-order chi connectivity index (χ0) is 7.19. The first-order valence-corrected chi connectivity index (χ1v) is 4.29. The average Bonchev–Trinajstić information content (AvgIpc) is 2.35. The van der Waals surface area contributed by atoms with Crippen molar-refractivity contribution < 1.29 is 0 Å². The molecule has 1 aromatic heterocycles. The summed E-state index contributed by atoms with van der Waals surface area (Å²) in [5, 5.41) is 0. The normalized spacial score (nSPS) is 38.0. The van der Waals surface area contributed by atoms with Crippen LogP contribution in [0, 0.1) is 5.92 Å². The van der Waals surface area contributed by atoms with E-state index in [0.717, 1.165) is 6.42 Å². The lowest BCUT2D eigenvalue weighted by atomic mass is 10.2. The zero-order valence-corrected chi connectivity index (χ0v) is 6.69. The molecular formula is C7H10N2S. The van der Waals surface area contributed by atoms with Gasteiger partial charge in [0.05, 0.1) is 11.0 Å². The summed E-state index contributed by atoms with van der Waals surface area (Å²) in [7, 11) is 0. The van der Waals surface area contributed by atoms with Gasteiger partial charge in [-0.3, -0.25) is 4.98 Å². The number of aromatic nitrogens is 1. The van der Waals surface area contributed by atoms with Crippen LogP contribution in [-0.2, 0) is 5.54 Å². The third-order valence-electron chi connectivity index (χ3n) is 2.25. The molecule has 1 saturated carbocycles. The molecular weight excluding hydrogens is 144 g/mol. The van der Waals surface area contributed by atoms with Gasteiger partial charge >= 0.3 is 0 Å². The number of thiazole rings is 1. The molecule has 1 aliphatic carbocycles. The molecule has 0 aromatic carbocycles. The summed E-state index contributed by atoms with van der Waals surface area (Å²) in [4.78, 5) is 5.24. The van der Waals surface area contributed by atoms with Crippen LogP contribution in [0.25, 0.3) is 0 Å². The van der Waals surface area contributed by atoms with Crippen LogP contribution in [0.1, 0.15) is 18.2 Å². The third kappa shape index (κ3) is 0.707. The summed E-state index contributed by atoms with van der Waals surface area (Å²) < 4.78 is 0. The van der Waals surface area contributed by atoms with Gasteiger partial charge in [0.25, 0.3) is 0 Å². The van der Waals surface area contributed by atoms with Gasteiger partial charge < -0.3 is 5.73 Å². The minimum absolute atomic E-state index is 0.0127. The van der Waals surface area contributed by atoms with Crippen molar-refractivity contribution in [3.8, 4) is 0 Å². The van der Waals surface area contributed by atoms with Gasteiger partial charge in [0.2, 0.25) is 0 Å². The van der Waals surface area contributed by atoms with Crippen LogP contribution in [0.3, 0.4) is 0 Å². The van der Waals surface area contributed by atoms with Crippen molar-refractivity contribution in [3.63, 3.8) is 0 Å². The van der Waals surface area contributed by atoms with E-state index in [0.29, 0.717) is 5.92 Å². The van der Waals surface area contributed by atoms with Crippen LogP contribution in [-0.4, -0.2) is 4.98 Å². The molecule has 0 spiro atoms. The molecule has 1 heterocycles. The van der Waals surface area contributed by atoms with Crippen LogP contribution in [0.5, 0.6) is 0 Å². The van der Waals surface area contributed by atoms with E-state index in [1.54, 1.807) is 11.3 Å². The lowest BCUT2D eigenvalue weighted by Gasteiger charge is -2.03. The quantitative estimate of drug-likeness (QED) is 0.663. The second-order valence-corrected chi connectivity index (χ2v) is 3.90. The molecule has 0 bridgehead atoms. The van der Waals surface area contributed by atoms with Gasteiger partial charge in [0, 0.05) is 11.1 Å². The van der Waals surface area contributed by atoms with E-state index in [1.807, 2.05) is 11.7 Å². The van der Waals surface area contributed by atoms with Gasteiger partial charge in [-0.25, -0.2) is 0 Å². The first-order valence-electron chi connectivity index (χ1n) is 3.41. The molecule has 3 heteroatoms. The second kappa shape index (κ2) is 1.80. The second-order valence-electron chi connectivity index (χ2n) is 3.01. The van der Waals surface area contributed by atoms with E-state index < -0.39 is 0 Å². The molecule has 0 amide bonds. The fourth-order valence-corrected chi connectivity index (χ4v) is 2.10. The van der Waals surface area contributed by atoms with Gasteiger partial charge in [0.1, 0.15) is 0 Å². The number of rotatable bonds is 1. The van der Waals surface area contributed by atoms with E-state index in [4.69, 9.17) is 5.73 Å². The molecule has 1 fully saturated rings. The maximum atomic E-state index is 6.03. The smallest absolute Gasteiger partial charge is 0.0794 e. The lowest BCUT2D eigenvalue weighted by molar-refractivity contribution is 0.677. The summed E-state index contributed by atoms with van der Waals surface area (Å²) in [5.41, 5.74) is 7.86. The standard InChI is InChI=1S/C7H10N2S/c1-5-2-7(5,8)6-3-9-4-10-6/h3-5H,2,8H2,1H3. The van der Waals surface area contributed by atoms with Gasteiger partial charge in [-0.1, -0.05) is 6.92 Å². The highest BCUT2D eigenvalue weighted by Crippen LogP contribution is 2.50. The Hall–Kier alpha value is -0.410. The summed E-state index contributed by atoms with van der Waals surface area (Å²) in [6.07, 6.45) is 3.00. The molecule has 10 heavy (non-hydrogen) atoms. The number of nitrogens with two attached hydrogens (primary N) is 1. The molecule has 1 aliphatic rings. The Morgan fingerprint density at radius 3 is 3.00 bits per heavy atom. The highest BCUT2D eigenvalue weighted by molar-refractivity contribution is 7.09. The third-order valence-corrected chi connectivity index (χ3v) is 3.22. The van der Waals surface area contributed by atoms with Crippen LogP contribution < -0.4 is 5.73 Å². The Kier molecular flexibility index (Phi) is 1.13. The monoisotopic (exact) mass is 154 g/mol. The average molecular weight is 154 g/mol. The maximum Gasteiger partial charge on any atom is 0.0794 e. The predicted molar refractivity (Wildman–Crippen MR) is 41.8 cm³/mol. The van der Waals surface area contributed by atoms with Gasteiger partial charge in [-0.05, 0) is 12.3 Å². The summed E-state index contributed by atoms with van der Waals surface area (Å²) >= 11 is 1.66. The van der Waals surface area contributed by atoms with E-state index in [-0.39, 0.29) is 5.54 Å². The Balaban J connectivity index is 2.30. The fraction of sp³-hybridized carbons (Fsp3) is 0.571. The molecule has 2 nitrogen and oxygen atoms in total. The first kappa shape index (κ1) is 6.31. The van der Waals surface area contributed by atoms with E-state index in [1.165, 1.54) is 4.88 Å². The van der Waals surface area contributed by atoms with Crippen LogP contribution in [0.4, 0.5) is 0 Å². The van der Waals surface area contributed by atoms with E-state index in [2.05, 4.69) is 11.9 Å². The number of hydrogen-bond donors (Lipinski definition) is 1. The largest absolute Gasteiger partial charge is 0.320 e. The fourth-order valence-electron chi connectivity index (χ4n) is 1.24. The molecule has 2 atom stereocenters. The highest BCUT2D eigenvalue weighted by Gasteiger charge is 2.49. The Morgan fingerprint density at radius 2 is 2.60 bits per heavy atom. The lowest BCUT2D eigenvalue weighted by Crippen LogP contribution is -2.19. The van der Waals surface area contributed by atoms with Crippen LogP contribution >= 0.6 is 11.3 Å². The van der Waals surface area contributed by atoms with Gasteiger partial charge in [-0.15, -0.1) is 11.3 Å². The molecule has 2 N–H and O–H groups in total. The topological polar surface area (TPSA) is 38.9 Å². The zero-order valence-electron chi connectivity index (χ0n) is 5.87. The Morgan fingerprint density at radius 1 is 1.90 bits per heavy atom. The minimum atomic E-state index is -0.0127. The van der Waals surface area contributed by atoms with Crippen molar-refractivity contribution in [2.24, 2.45) is 11.7 Å².